The van der Waals surface area contributed by atoms with Crippen molar-refractivity contribution < 1.29 is 9.26 Å². The van der Waals surface area contributed by atoms with Gasteiger partial charge in [-0.15, -0.1) is 0 Å². The minimum Gasteiger partial charge on any atom is -0.493 e. The van der Waals surface area contributed by atoms with Crippen LogP contribution >= 0.6 is 0 Å². The summed E-state index contributed by atoms with van der Waals surface area (Å²) in [7, 11) is 3.93. The molecule has 1 saturated heterocycles. The van der Waals surface area contributed by atoms with Gasteiger partial charge in [0.2, 0.25) is 5.95 Å². The fourth-order valence-corrected chi connectivity index (χ4v) is 4.07. The summed E-state index contributed by atoms with van der Waals surface area (Å²) in [5.41, 5.74) is 3.97. The molecule has 1 aliphatic heterocycles. The summed E-state index contributed by atoms with van der Waals surface area (Å²) in [6, 6.07) is 10.5. The first kappa shape index (κ1) is 21.3. The Bertz CT molecular complexity index is 1020. The number of ether oxygens (including phenoxy) is 1. The molecule has 4 rings (SSSR count). The number of likely N-dealkylation sites (tertiary alicyclic amines) is 1. The molecule has 0 N–H and O–H groups in total. The minimum absolute atomic E-state index is 0.182. The Hall–Kier alpha value is -2.93. The molecular formula is C24H31N5O2. The Labute approximate surface area is 184 Å². The van der Waals surface area contributed by atoms with Crippen molar-refractivity contribution in [3.63, 3.8) is 0 Å². The van der Waals surface area contributed by atoms with Crippen LogP contribution in [0.5, 0.6) is 5.75 Å². The molecule has 0 unspecified atom stereocenters. The van der Waals surface area contributed by atoms with Crippen LogP contribution in [0.25, 0.3) is 11.3 Å². The van der Waals surface area contributed by atoms with E-state index in [0.717, 1.165) is 67.4 Å². The van der Waals surface area contributed by atoms with Gasteiger partial charge in [-0.3, -0.25) is 4.90 Å². The van der Waals surface area contributed by atoms with Crippen LogP contribution in [0.15, 0.2) is 41.1 Å². The molecule has 1 fully saturated rings. The Morgan fingerprint density at radius 1 is 1.26 bits per heavy atom. The second kappa shape index (κ2) is 9.47. The van der Waals surface area contributed by atoms with Crippen molar-refractivity contribution in [3.05, 3.63) is 53.5 Å². The molecule has 2 aromatic heterocycles. The summed E-state index contributed by atoms with van der Waals surface area (Å²) in [5, 5.41) is 4.07. The van der Waals surface area contributed by atoms with Gasteiger partial charge < -0.3 is 14.2 Å². The molecule has 0 amide bonds. The van der Waals surface area contributed by atoms with Crippen molar-refractivity contribution in [1.82, 2.24) is 20.0 Å². The van der Waals surface area contributed by atoms with E-state index in [0.29, 0.717) is 5.95 Å². The van der Waals surface area contributed by atoms with Crippen molar-refractivity contribution in [2.24, 2.45) is 0 Å². The predicted octanol–water partition coefficient (Wildman–Crippen LogP) is 4.63. The zero-order valence-corrected chi connectivity index (χ0v) is 18.8. The number of para-hydroxylation sites is 1. The van der Waals surface area contributed by atoms with E-state index in [1.807, 2.05) is 44.2 Å². The predicted molar refractivity (Wildman–Crippen MR) is 121 cm³/mol. The van der Waals surface area contributed by atoms with Crippen molar-refractivity contribution in [2.45, 2.75) is 45.7 Å². The third-order valence-corrected chi connectivity index (χ3v) is 5.59. The first-order chi connectivity index (χ1) is 15.1. The number of nitrogens with zero attached hydrogens (tertiary/aromatic N) is 5. The molecule has 0 radical (unpaired) electrons. The van der Waals surface area contributed by atoms with Gasteiger partial charge in [-0.25, -0.2) is 9.97 Å². The van der Waals surface area contributed by atoms with E-state index in [4.69, 9.17) is 14.2 Å². The van der Waals surface area contributed by atoms with Crippen molar-refractivity contribution >= 4 is 5.95 Å². The van der Waals surface area contributed by atoms with Gasteiger partial charge in [0.15, 0.2) is 5.76 Å². The Kier molecular flexibility index (Phi) is 6.51. The van der Waals surface area contributed by atoms with Crippen LogP contribution in [0.3, 0.4) is 0 Å². The number of hydrogen-bond acceptors (Lipinski definition) is 7. The highest BCUT2D eigenvalue weighted by molar-refractivity contribution is 5.61. The maximum atomic E-state index is 6.00. The Balaban J connectivity index is 1.68. The first-order valence-corrected chi connectivity index (χ1v) is 11.0. The molecule has 1 aromatic carbocycles. The van der Waals surface area contributed by atoms with Gasteiger partial charge in [0, 0.05) is 38.5 Å². The molecular weight excluding hydrogens is 390 g/mol. The lowest BCUT2D eigenvalue weighted by Crippen LogP contribution is -2.25. The minimum atomic E-state index is 0.182. The van der Waals surface area contributed by atoms with Crippen LogP contribution in [-0.4, -0.2) is 47.3 Å². The van der Waals surface area contributed by atoms with Crippen molar-refractivity contribution in [3.8, 4) is 17.1 Å². The smallest absolute Gasteiger partial charge is 0.225 e. The van der Waals surface area contributed by atoms with Crippen LogP contribution in [0.2, 0.25) is 0 Å². The number of hydrogen-bond donors (Lipinski definition) is 0. The highest BCUT2D eigenvalue weighted by Gasteiger charge is 2.31. The van der Waals surface area contributed by atoms with Crippen LogP contribution in [0.4, 0.5) is 5.95 Å². The Morgan fingerprint density at radius 3 is 2.84 bits per heavy atom. The average Bonchev–Trinajstić information content (AvgIpc) is 3.41. The number of anilines is 1. The quantitative estimate of drug-likeness (QED) is 0.525. The Morgan fingerprint density at radius 2 is 2.10 bits per heavy atom. The number of aryl methyl sites for hydroxylation is 1. The van der Waals surface area contributed by atoms with E-state index in [1.165, 1.54) is 5.56 Å². The molecule has 1 atom stereocenters. The molecule has 31 heavy (non-hydrogen) atoms. The molecule has 3 heterocycles. The van der Waals surface area contributed by atoms with Gasteiger partial charge in [-0.2, -0.15) is 0 Å². The zero-order chi connectivity index (χ0) is 21.8. The molecule has 3 aromatic rings. The van der Waals surface area contributed by atoms with Crippen LogP contribution in [0.1, 0.15) is 49.2 Å². The van der Waals surface area contributed by atoms with E-state index >= 15 is 0 Å². The third-order valence-electron chi connectivity index (χ3n) is 5.59. The van der Waals surface area contributed by atoms with Crippen LogP contribution in [-0.2, 0) is 6.54 Å². The molecule has 0 spiro atoms. The van der Waals surface area contributed by atoms with Gasteiger partial charge >= 0.3 is 0 Å². The normalized spacial score (nSPS) is 16.6. The molecule has 164 valence electrons. The summed E-state index contributed by atoms with van der Waals surface area (Å²) < 4.78 is 11.6. The summed E-state index contributed by atoms with van der Waals surface area (Å²) in [6.07, 6.45) is 5.03. The summed E-state index contributed by atoms with van der Waals surface area (Å²) in [6.45, 7) is 6.62. The lowest BCUT2D eigenvalue weighted by molar-refractivity contribution is 0.237. The lowest BCUT2D eigenvalue weighted by Gasteiger charge is -2.27. The topological polar surface area (TPSA) is 67.5 Å². The second-order valence-corrected chi connectivity index (χ2v) is 8.28. The molecule has 1 aliphatic rings. The molecule has 7 heteroatoms. The number of aromatic nitrogens is 3. The van der Waals surface area contributed by atoms with Gasteiger partial charge in [0.25, 0.3) is 0 Å². The second-order valence-electron chi connectivity index (χ2n) is 8.28. The SMILES string of the molecule is CCCOc1ccccc1CN1CCC[C@@H]1c1nc(N(C)C)ncc1-c1cc(C)no1. The molecule has 7 nitrogen and oxygen atoms in total. The number of rotatable bonds is 8. The van der Waals surface area contributed by atoms with E-state index in [-0.39, 0.29) is 6.04 Å². The van der Waals surface area contributed by atoms with E-state index < -0.39 is 0 Å². The van der Waals surface area contributed by atoms with Gasteiger partial charge in [-0.1, -0.05) is 30.3 Å². The van der Waals surface area contributed by atoms with E-state index in [2.05, 4.69) is 40.2 Å². The largest absolute Gasteiger partial charge is 0.493 e. The molecule has 0 saturated carbocycles. The van der Waals surface area contributed by atoms with Crippen molar-refractivity contribution in [2.75, 3.05) is 32.1 Å². The molecule has 0 aliphatic carbocycles. The zero-order valence-electron chi connectivity index (χ0n) is 18.8. The van der Waals surface area contributed by atoms with Crippen molar-refractivity contribution in [1.29, 1.82) is 0 Å². The fourth-order valence-electron chi connectivity index (χ4n) is 4.07. The average molecular weight is 422 g/mol. The number of benzene rings is 1. The van der Waals surface area contributed by atoms with E-state index in [9.17, 15) is 0 Å². The lowest BCUT2D eigenvalue weighted by atomic mass is 10.0. The third kappa shape index (κ3) is 4.71. The highest BCUT2D eigenvalue weighted by atomic mass is 16.5. The van der Waals surface area contributed by atoms with Gasteiger partial charge in [-0.05, 0) is 38.8 Å². The van der Waals surface area contributed by atoms with Crippen LogP contribution < -0.4 is 9.64 Å². The summed E-state index contributed by atoms with van der Waals surface area (Å²) in [5.74, 6) is 2.39. The maximum Gasteiger partial charge on any atom is 0.225 e. The van der Waals surface area contributed by atoms with Crippen LogP contribution in [0, 0.1) is 6.92 Å². The molecule has 0 bridgehead atoms. The maximum absolute atomic E-state index is 6.00. The van der Waals surface area contributed by atoms with E-state index in [1.54, 1.807) is 0 Å². The monoisotopic (exact) mass is 421 g/mol. The van der Waals surface area contributed by atoms with Gasteiger partial charge in [0.05, 0.1) is 29.6 Å². The highest BCUT2D eigenvalue weighted by Crippen LogP contribution is 2.38. The first-order valence-electron chi connectivity index (χ1n) is 11.0. The summed E-state index contributed by atoms with van der Waals surface area (Å²) >= 11 is 0. The standard InChI is InChI=1S/C24H31N5O2/c1-5-13-30-21-11-7-6-9-18(21)16-29-12-8-10-20(29)23-19(22-14-17(2)27-31-22)15-25-24(26-23)28(3)4/h6-7,9,11,14-15,20H,5,8,10,12-13,16H2,1-4H3/t20-/m1/s1. The summed E-state index contributed by atoms with van der Waals surface area (Å²) in [4.78, 5) is 13.9. The fraction of sp³-hybridized carbons (Fsp3) is 0.458. The van der Waals surface area contributed by atoms with Gasteiger partial charge in [0.1, 0.15) is 5.75 Å².